The molecule has 0 amide bonds. The average Bonchev–Trinajstić information content (AvgIpc) is 2.68. The van der Waals surface area contributed by atoms with Crippen molar-refractivity contribution < 1.29 is 9.47 Å². The zero-order valence-electron chi connectivity index (χ0n) is 10.7. The Labute approximate surface area is 99.1 Å². The molecular weight excluding hydrogens is 204 g/mol. The Morgan fingerprint density at radius 1 is 1.12 bits per heavy atom. The Bertz CT molecular complexity index is 170. The highest BCUT2D eigenvalue weighted by Crippen LogP contribution is 2.24. The van der Waals surface area contributed by atoms with Crippen LogP contribution in [0.4, 0.5) is 0 Å². The van der Waals surface area contributed by atoms with Crippen LogP contribution in [0.15, 0.2) is 0 Å². The highest BCUT2D eigenvalue weighted by atomic mass is 16.5. The highest BCUT2D eigenvalue weighted by Gasteiger charge is 2.23. The number of hydrogen-bond donors (Lipinski definition) is 1. The molecule has 1 aliphatic carbocycles. The number of methoxy groups -OCH3 is 2. The van der Waals surface area contributed by atoms with Gasteiger partial charge in [-0.2, -0.15) is 0 Å². The van der Waals surface area contributed by atoms with Gasteiger partial charge >= 0.3 is 0 Å². The van der Waals surface area contributed by atoms with E-state index in [0.717, 1.165) is 38.8 Å². The van der Waals surface area contributed by atoms with Crippen molar-refractivity contribution >= 4 is 0 Å². The fourth-order valence-corrected chi connectivity index (χ4v) is 2.38. The SMILES string of the molecule is COCCN(CCOC)CC1CCC(N)C1. The maximum Gasteiger partial charge on any atom is 0.0589 e. The summed E-state index contributed by atoms with van der Waals surface area (Å²) in [6.45, 7) is 4.71. The van der Waals surface area contributed by atoms with Gasteiger partial charge in [0.15, 0.2) is 0 Å². The molecule has 1 fully saturated rings. The van der Waals surface area contributed by atoms with Crippen molar-refractivity contribution in [2.24, 2.45) is 11.7 Å². The smallest absolute Gasteiger partial charge is 0.0589 e. The Hall–Kier alpha value is -0.160. The van der Waals surface area contributed by atoms with Crippen LogP contribution in [0.2, 0.25) is 0 Å². The molecule has 0 aromatic carbocycles. The molecule has 1 rings (SSSR count). The summed E-state index contributed by atoms with van der Waals surface area (Å²) in [7, 11) is 3.50. The van der Waals surface area contributed by atoms with Gasteiger partial charge in [0.05, 0.1) is 13.2 Å². The molecule has 0 aliphatic heterocycles. The lowest BCUT2D eigenvalue weighted by atomic mass is 10.1. The summed E-state index contributed by atoms with van der Waals surface area (Å²) >= 11 is 0. The van der Waals surface area contributed by atoms with Crippen molar-refractivity contribution in [3.63, 3.8) is 0 Å². The third kappa shape index (κ3) is 5.25. The third-order valence-corrected chi connectivity index (χ3v) is 3.32. The molecule has 0 aromatic heterocycles. The first-order chi connectivity index (χ1) is 7.76. The van der Waals surface area contributed by atoms with Crippen LogP contribution in [0, 0.1) is 5.92 Å². The molecule has 0 bridgehead atoms. The maximum atomic E-state index is 5.93. The molecule has 0 saturated heterocycles. The van der Waals surface area contributed by atoms with Gasteiger partial charge in [0.2, 0.25) is 0 Å². The van der Waals surface area contributed by atoms with E-state index in [1.54, 1.807) is 14.2 Å². The van der Waals surface area contributed by atoms with E-state index in [9.17, 15) is 0 Å². The summed E-state index contributed by atoms with van der Waals surface area (Å²) in [4.78, 5) is 2.43. The van der Waals surface area contributed by atoms with E-state index in [1.165, 1.54) is 19.3 Å². The first-order valence-electron chi connectivity index (χ1n) is 6.22. The van der Waals surface area contributed by atoms with Gasteiger partial charge in [-0.1, -0.05) is 0 Å². The highest BCUT2D eigenvalue weighted by molar-refractivity contribution is 4.80. The summed E-state index contributed by atoms with van der Waals surface area (Å²) < 4.78 is 10.3. The van der Waals surface area contributed by atoms with Crippen molar-refractivity contribution in [1.82, 2.24) is 4.90 Å². The van der Waals surface area contributed by atoms with Crippen molar-refractivity contribution in [3.05, 3.63) is 0 Å². The van der Waals surface area contributed by atoms with Crippen molar-refractivity contribution in [1.29, 1.82) is 0 Å². The van der Waals surface area contributed by atoms with Gasteiger partial charge in [-0.25, -0.2) is 0 Å². The fraction of sp³-hybridized carbons (Fsp3) is 1.00. The van der Waals surface area contributed by atoms with Crippen molar-refractivity contribution in [2.75, 3.05) is 47.1 Å². The lowest BCUT2D eigenvalue weighted by molar-refractivity contribution is 0.104. The summed E-state index contributed by atoms with van der Waals surface area (Å²) in [5.74, 6) is 0.767. The molecule has 96 valence electrons. The van der Waals surface area contributed by atoms with E-state index in [1.807, 2.05) is 0 Å². The molecular formula is C12H26N2O2. The minimum Gasteiger partial charge on any atom is -0.383 e. The van der Waals surface area contributed by atoms with E-state index >= 15 is 0 Å². The standard InChI is InChI=1S/C12H26N2O2/c1-15-7-5-14(6-8-16-2)10-11-3-4-12(13)9-11/h11-12H,3-10,13H2,1-2H3. The molecule has 0 radical (unpaired) electrons. The first-order valence-corrected chi connectivity index (χ1v) is 6.22. The van der Waals surface area contributed by atoms with Gasteiger partial charge in [-0.05, 0) is 25.2 Å². The Morgan fingerprint density at radius 2 is 1.75 bits per heavy atom. The zero-order valence-corrected chi connectivity index (χ0v) is 10.7. The second kappa shape index (κ2) is 8.01. The predicted octanol–water partition coefficient (Wildman–Crippen LogP) is 0.709. The minimum absolute atomic E-state index is 0.428. The maximum absolute atomic E-state index is 5.93. The van der Waals surface area contributed by atoms with Gasteiger partial charge in [-0.15, -0.1) is 0 Å². The van der Waals surface area contributed by atoms with Gasteiger partial charge in [0, 0.05) is 39.9 Å². The first kappa shape index (κ1) is 13.9. The topological polar surface area (TPSA) is 47.7 Å². The van der Waals surface area contributed by atoms with Crippen LogP contribution in [0.25, 0.3) is 0 Å². The van der Waals surface area contributed by atoms with Crippen LogP contribution in [0.1, 0.15) is 19.3 Å². The van der Waals surface area contributed by atoms with Gasteiger partial charge in [-0.3, -0.25) is 4.90 Å². The monoisotopic (exact) mass is 230 g/mol. The fourth-order valence-electron chi connectivity index (χ4n) is 2.38. The van der Waals surface area contributed by atoms with E-state index in [2.05, 4.69) is 4.90 Å². The van der Waals surface area contributed by atoms with Crippen LogP contribution in [-0.2, 0) is 9.47 Å². The molecule has 4 nitrogen and oxygen atoms in total. The van der Waals surface area contributed by atoms with Crippen LogP contribution >= 0.6 is 0 Å². The lowest BCUT2D eigenvalue weighted by Gasteiger charge is -2.24. The normalized spacial score (nSPS) is 25.5. The summed E-state index contributed by atoms with van der Waals surface area (Å²) in [6.07, 6.45) is 3.64. The van der Waals surface area contributed by atoms with E-state index in [-0.39, 0.29) is 0 Å². The average molecular weight is 230 g/mol. The Balaban J connectivity index is 2.24. The van der Waals surface area contributed by atoms with Gasteiger partial charge in [0.25, 0.3) is 0 Å². The van der Waals surface area contributed by atoms with Crippen LogP contribution < -0.4 is 5.73 Å². The number of nitrogens with two attached hydrogens (primary N) is 1. The summed E-state index contributed by atoms with van der Waals surface area (Å²) in [5, 5.41) is 0. The molecule has 1 saturated carbocycles. The van der Waals surface area contributed by atoms with Gasteiger partial charge in [0.1, 0.15) is 0 Å². The number of hydrogen-bond acceptors (Lipinski definition) is 4. The van der Waals surface area contributed by atoms with E-state index in [4.69, 9.17) is 15.2 Å². The van der Waals surface area contributed by atoms with Crippen molar-refractivity contribution in [2.45, 2.75) is 25.3 Å². The number of rotatable bonds is 8. The van der Waals surface area contributed by atoms with Crippen LogP contribution in [0.3, 0.4) is 0 Å². The van der Waals surface area contributed by atoms with Gasteiger partial charge < -0.3 is 15.2 Å². The molecule has 2 atom stereocenters. The quantitative estimate of drug-likeness (QED) is 0.667. The molecule has 1 aliphatic rings. The second-order valence-electron chi connectivity index (χ2n) is 4.73. The zero-order chi connectivity index (χ0) is 11.8. The predicted molar refractivity (Wildman–Crippen MR) is 65.5 cm³/mol. The molecule has 4 heteroatoms. The Kier molecular flexibility index (Phi) is 6.96. The molecule has 2 N–H and O–H groups in total. The van der Waals surface area contributed by atoms with E-state index < -0.39 is 0 Å². The molecule has 0 aromatic rings. The molecule has 16 heavy (non-hydrogen) atoms. The summed E-state index contributed by atoms with van der Waals surface area (Å²) in [6, 6.07) is 0.428. The summed E-state index contributed by atoms with van der Waals surface area (Å²) in [5.41, 5.74) is 5.93. The third-order valence-electron chi connectivity index (χ3n) is 3.32. The second-order valence-corrected chi connectivity index (χ2v) is 4.73. The number of nitrogens with zero attached hydrogens (tertiary/aromatic N) is 1. The Morgan fingerprint density at radius 3 is 2.19 bits per heavy atom. The van der Waals surface area contributed by atoms with Crippen molar-refractivity contribution in [3.8, 4) is 0 Å². The number of ether oxygens (including phenoxy) is 2. The lowest BCUT2D eigenvalue weighted by Crippen LogP contribution is -2.34. The molecule has 0 spiro atoms. The molecule has 0 heterocycles. The van der Waals surface area contributed by atoms with Crippen LogP contribution in [0.5, 0.6) is 0 Å². The largest absolute Gasteiger partial charge is 0.383 e. The molecule has 2 unspecified atom stereocenters. The van der Waals surface area contributed by atoms with Crippen LogP contribution in [-0.4, -0.2) is 58.0 Å². The van der Waals surface area contributed by atoms with E-state index in [0.29, 0.717) is 6.04 Å². The minimum atomic E-state index is 0.428.